The molecule has 0 spiro atoms. The molecular formula is C11H16N4O. The molecule has 0 amide bonds. The van der Waals surface area contributed by atoms with Gasteiger partial charge in [0.2, 0.25) is 0 Å². The van der Waals surface area contributed by atoms with E-state index in [0.29, 0.717) is 11.4 Å². The third kappa shape index (κ3) is 1.72. The van der Waals surface area contributed by atoms with Crippen LogP contribution in [-0.2, 0) is 11.3 Å². The van der Waals surface area contributed by atoms with Gasteiger partial charge in [-0.2, -0.15) is 5.26 Å². The smallest absolute Gasteiger partial charge is 0.133 e. The lowest BCUT2D eigenvalue weighted by Crippen LogP contribution is -2.38. The van der Waals surface area contributed by atoms with E-state index in [1.54, 1.807) is 6.07 Å². The first-order chi connectivity index (χ1) is 7.77. The number of morpholine rings is 1. The number of aromatic nitrogens is 1. The predicted octanol–water partition coefficient (Wildman–Crippen LogP) is 0.798. The molecule has 1 saturated heterocycles. The average molecular weight is 220 g/mol. The van der Waals surface area contributed by atoms with Gasteiger partial charge < -0.3 is 19.9 Å². The van der Waals surface area contributed by atoms with Gasteiger partial charge in [0.15, 0.2) is 0 Å². The lowest BCUT2D eigenvalue weighted by molar-refractivity contribution is 0.122. The van der Waals surface area contributed by atoms with Gasteiger partial charge in [-0.3, -0.25) is 0 Å². The van der Waals surface area contributed by atoms with Crippen molar-refractivity contribution in [3.05, 3.63) is 11.8 Å². The minimum Gasteiger partial charge on any atom is -0.396 e. The second kappa shape index (κ2) is 4.45. The van der Waals surface area contributed by atoms with Crippen molar-refractivity contribution >= 4 is 11.5 Å². The van der Waals surface area contributed by atoms with Crippen LogP contribution in [0.1, 0.15) is 12.6 Å². The molecular weight excluding hydrogens is 204 g/mol. The Kier molecular flexibility index (Phi) is 3.02. The van der Waals surface area contributed by atoms with Crippen molar-refractivity contribution < 1.29 is 4.74 Å². The molecule has 1 aliphatic heterocycles. The maximum atomic E-state index is 9.02. The van der Waals surface area contributed by atoms with Crippen LogP contribution in [0.25, 0.3) is 0 Å². The third-order valence-electron chi connectivity index (χ3n) is 2.84. The van der Waals surface area contributed by atoms with Gasteiger partial charge in [-0.1, -0.05) is 0 Å². The van der Waals surface area contributed by atoms with Crippen LogP contribution in [0.2, 0.25) is 0 Å². The van der Waals surface area contributed by atoms with E-state index in [4.69, 9.17) is 15.7 Å². The molecule has 1 aliphatic rings. The predicted molar refractivity (Wildman–Crippen MR) is 62.3 cm³/mol. The molecule has 0 saturated carbocycles. The number of anilines is 2. The van der Waals surface area contributed by atoms with Crippen LogP contribution in [0.4, 0.5) is 11.5 Å². The molecule has 0 unspecified atom stereocenters. The molecule has 5 heteroatoms. The summed E-state index contributed by atoms with van der Waals surface area (Å²) in [7, 11) is 0. The summed E-state index contributed by atoms with van der Waals surface area (Å²) in [6.07, 6.45) is 0. The number of ether oxygens (including phenoxy) is 1. The Balaban J connectivity index is 2.38. The highest BCUT2D eigenvalue weighted by Crippen LogP contribution is 2.28. The number of nitrogen functional groups attached to an aromatic ring is 1. The summed E-state index contributed by atoms with van der Waals surface area (Å²) >= 11 is 0. The molecule has 1 aromatic heterocycles. The molecule has 0 atom stereocenters. The van der Waals surface area contributed by atoms with Crippen molar-refractivity contribution in [1.29, 1.82) is 5.26 Å². The Hall–Kier alpha value is -1.67. The van der Waals surface area contributed by atoms with Crippen molar-refractivity contribution in [2.45, 2.75) is 13.5 Å². The quantitative estimate of drug-likeness (QED) is 0.800. The van der Waals surface area contributed by atoms with E-state index in [0.717, 1.165) is 38.7 Å². The van der Waals surface area contributed by atoms with E-state index in [9.17, 15) is 0 Å². The van der Waals surface area contributed by atoms with E-state index in [1.165, 1.54) is 0 Å². The fourth-order valence-electron chi connectivity index (χ4n) is 2.10. The summed E-state index contributed by atoms with van der Waals surface area (Å²) in [6, 6.07) is 3.92. The van der Waals surface area contributed by atoms with Gasteiger partial charge in [0, 0.05) is 19.6 Å². The fraction of sp³-hybridized carbons (Fsp3) is 0.545. The Labute approximate surface area is 95.0 Å². The lowest BCUT2D eigenvalue weighted by Gasteiger charge is -2.30. The highest BCUT2D eigenvalue weighted by molar-refractivity contribution is 5.68. The van der Waals surface area contributed by atoms with E-state index in [2.05, 4.69) is 11.0 Å². The van der Waals surface area contributed by atoms with Crippen molar-refractivity contribution in [3.63, 3.8) is 0 Å². The van der Waals surface area contributed by atoms with Crippen molar-refractivity contribution in [3.8, 4) is 6.07 Å². The van der Waals surface area contributed by atoms with Crippen LogP contribution in [0, 0.1) is 11.3 Å². The summed E-state index contributed by atoms with van der Waals surface area (Å²) in [5.74, 6) is 0.961. The minimum atomic E-state index is 0.626. The number of nitrogens with zero attached hydrogens (tertiary/aromatic N) is 3. The van der Waals surface area contributed by atoms with Crippen LogP contribution >= 0.6 is 0 Å². The summed E-state index contributed by atoms with van der Waals surface area (Å²) in [5, 5.41) is 9.02. The first kappa shape index (κ1) is 10.8. The van der Waals surface area contributed by atoms with Crippen LogP contribution < -0.4 is 10.6 Å². The molecule has 2 heterocycles. The van der Waals surface area contributed by atoms with Gasteiger partial charge in [0.1, 0.15) is 17.6 Å². The number of hydrogen-bond acceptors (Lipinski definition) is 4. The highest BCUT2D eigenvalue weighted by Gasteiger charge is 2.20. The molecule has 2 rings (SSSR count). The Morgan fingerprint density at radius 1 is 1.50 bits per heavy atom. The SMILES string of the molecule is CCn1c(C#N)cc(N)c1N1CCOCC1. The Morgan fingerprint density at radius 3 is 2.75 bits per heavy atom. The van der Waals surface area contributed by atoms with E-state index in [-0.39, 0.29) is 0 Å². The zero-order valence-corrected chi connectivity index (χ0v) is 9.44. The van der Waals surface area contributed by atoms with Gasteiger partial charge in [-0.05, 0) is 13.0 Å². The van der Waals surface area contributed by atoms with E-state index in [1.807, 2.05) is 11.5 Å². The molecule has 86 valence electrons. The van der Waals surface area contributed by atoms with Crippen LogP contribution in [0.3, 0.4) is 0 Å². The van der Waals surface area contributed by atoms with Crippen molar-refractivity contribution in [2.24, 2.45) is 0 Å². The lowest BCUT2D eigenvalue weighted by atomic mass is 10.4. The van der Waals surface area contributed by atoms with Gasteiger partial charge in [0.05, 0.1) is 18.9 Å². The fourth-order valence-corrected chi connectivity index (χ4v) is 2.10. The molecule has 0 bridgehead atoms. The molecule has 16 heavy (non-hydrogen) atoms. The van der Waals surface area contributed by atoms with E-state index >= 15 is 0 Å². The van der Waals surface area contributed by atoms with Crippen molar-refractivity contribution in [2.75, 3.05) is 36.9 Å². The Bertz CT molecular complexity index is 412. The normalized spacial score (nSPS) is 16.1. The summed E-state index contributed by atoms with van der Waals surface area (Å²) in [5.41, 5.74) is 7.28. The van der Waals surface area contributed by atoms with Crippen LogP contribution in [0.15, 0.2) is 6.07 Å². The van der Waals surface area contributed by atoms with Gasteiger partial charge in [-0.25, -0.2) is 0 Å². The topological polar surface area (TPSA) is 67.2 Å². The summed E-state index contributed by atoms with van der Waals surface area (Å²) in [6.45, 7) is 5.88. The first-order valence-electron chi connectivity index (χ1n) is 5.49. The van der Waals surface area contributed by atoms with Crippen LogP contribution in [-0.4, -0.2) is 30.9 Å². The Morgan fingerprint density at radius 2 is 2.19 bits per heavy atom. The van der Waals surface area contributed by atoms with E-state index < -0.39 is 0 Å². The largest absolute Gasteiger partial charge is 0.396 e. The zero-order chi connectivity index (χ0) is 11.5. The number of rotatable bonds is 2. The monoisotopic (exact) mass is 220 g/mol. The molecule has 0 aromatic carbocycles. The minimum absolute atomic E-state index is 0.626. The molecule has 0 radical (unpaired) electrons. The zero-order valence-electron chi connectivity index (χ0n) is 9.44. The first-order valence-corrected chi connectivity index (χ1v) is 5.49. The van der Waals surface area contributed by atoms with Crippen molar-refractivity contribution in [1.82, 2.24) is 4.57 Å². The van der Waals surface area contributed by atoms with Gasteiger partial charge >= 0.3 is 0 Å². The highest BCUT2D eigenvalue weighted by atomic mass is 16.5. The second-order valence-corrected chi connectivity index (χ2v) is 3.76. The molecule has 1 fully saturated rings. The maximum absolute atomic E-state index is 9.02. The number of nitrogens with two attached hydrogens (primary N) is 1. The standard InChI is InChI=1S/C11H16N4O/c1-2-15-9(8-12)7-10(13)11(15)14-3-5-16-6-4-14/h7H,2-6,13H2,1H3. The van der Waals surface area contributed by atoms with Gasteiger partial charge in [-0.15, -0.1) is 0 Å². The van der Waals surface area contributed by atoms with Crippen LogP contribution in [0.5, 0.6) is 0 Å². The molecule has 0 aliphatic carbocycles. The van der Waals surface area contributed by atoms with Gasteiger partial charge in [0.25, 0.3) is 0 Å². The molecule has 1 aromatic rings. The maximum Gasteiger partial charge on any atom is 0.133 e. The third-order valence-corrected chi connectivity index (χ3v) is 2.84. The average Bonchev–Trinajstić information content (AvgIpc) is 2.66. The molecule has 2 N–H and O–H groups in total. The summed E-state index contributed by atoms with van der Waals surface area (Å²) < 4.78 is 7.27. The summed E-state index contributed by atoms with van der Waals surface area (Å²) in [4.78, 5) is 2.18. The molecule has 5 nitrogen and oxygen atoms in total. The number of hydrogen-bond donors (Lipinski definition) is 1. The number of nitriles is 1. The second-order valence-electron chi connectivity index (χ2n) is 3.76.